The van der Waals surface area contributed by atoms with Crippen LogP contribution in [0.15, 0.2) is 65.5 Å². The molecular formula is C25H27N5O2. The predicted molar refractivity (Wildman–Crippen MR) is 124 cm³/mol. The fourth-order valence-electron chi connectivity index (χ4n) is 4.30. The number of nitrogens with zero attached hydrogens (tertiary/aromatic N) is 4. The van der Waals surface area contributed by atoms with Crippen LogP contribution in [0.5, 0.6) is 0 Å². The lowest BCUT2D eigenvalue weighted by Gasteiger charge is -2.13. The number of imidazole rings is 1. The van der Waals surface area contributed by atoms with Crippen LogP contribution < -0.4 is 11.0 Å². The second-order valence-electron chi connectivity index (χ2n) is 8.21. The van der Waals surface area contributed by atoms with Gasteiger partial charge in [0.2, 0.25) is 0 Å². The van der Waals surface area contributed by atoms with Gasteiger partial charge in [0, 0.05) is 19.1 Å². The van der Waals surface area contributed by atoms with E-state index in [9.17, 15) is 4.79 Å². The quantitative estimate of drug-likeness (QED) is 0.462. The molecule has 1 N–H and O–H groups in total. The summed E-state index contributed by atoms with van der Waals surface area (Å²) in [6.07, 6.45) is 1.69. The summed E-state index contributed by atoms with van der Waals surface area (Å²) < 4.78 is 9.41. The van der Waals surface area contributed by atoms with E-state index in [1.807, 2.05) is 53.1 Å². The first kappa shape index (κ1) is 20.5. The molecule has 0 fully saturated rings. The van der Waals surface area contributed by atoms with Gasteiger partial charge in [-0.3, -0.25) is 9.13 Å². The number of aromatic nitrogens is 4. The summed E-state index contributed by atoms with van der Waals surface area (Å²) in [7, 11) is 0. The van der Waals surface area contributed by atoms with E-state index in [-0.39, 0.29) is 11.7 Å². The van der Waals surface area contributed by atoms with Crippen molar-refractivity contribution in [3.8, 4) is 11.5 Å². The number of nitrogens with one attached hydrogen (secondary N) is 1. The predicted octanol–water partition coefficient (Wildman–Crippen LogP) is 3.71. The first-order chi connectivity index (χ1) is 15.7. The molecule has 3 aliphatic heterocycles. The number of benzene rings is 2. The highest BCUT2D eigenvalue weighted by Crippen LogP contribution is 2.31. The monoisotopic (exact) mass is 429 g/mol. The molecule has 32 heavy (non-hydrogen) atoms. The fraction of sp³-hybridized carbons (Fsp3) is 0.320. The van der Waals surface area contributed by atoms with Crippen molar-refractivity contribution < 1.29 is 4.74 Å². The van der Waals surface area contributed by atoms with E-state index in [1.54, 1.807) is 4.57 Å². The second-order valence-corrected chi connectivity index (χ2v) is 8.21. The Balaban J connectivity index is 1.41. The number of hydrogen-bond donors (Lipinski definition) is 1. The molecular weight excluding hydrogens is 402 g/mol. The molecule has 0 saturated heterocycles. The van der Waals surface area contributed by atoms with Crippen LogP contribution in [-0.4, -0.2) is 25.1 Å². The zero-order valence-electron chi connectivity index (χ0n) is 18.2. The van der Waals surface area contributed by atoms with E-state index in [4.69, 9.17) is 9.72 Å². The van der Waals surface area contributed by atoms with Crippen molar-refractivity contribution >= 4 is 5.82 Å². The Hall–Kier alpha value is -3.45. The van der Waals surface area contributed by atoms with Crippen LogP contribution in [0.25, 0.3) is 11.5 Å². The lowest BCUT2D eigenvalue weighted by molar-refractivity contribution is 0.102. The molecule has 164 valence electrons. The molecule has 7 nitrogen and oxygen atoms in total. The fourth-order valence-corrected chi connectivity index (χ4v) is 4.30. The summed E-state index contributed by atoms with van der Waals surface area (Å²) >= 11 is 0. The molecule has 3 aliphatic rings. The Morgan fingerprint density at radius 1 is 1.00 bits per heavy atom. The lowest BCUT2D eigenvalue weighted by atomic mass is 10.1. The summed E-state index contributed by atoms with van der Waals surface area (Å²) in [5.74, 6) is 2.00. The maximum absolute atomic E-state index is 13.3. The molecule has 5 rings (SSSR count). The number of hydrogen-bond acceptors (Lipinski definition) is 5. The summed E-state index contributed by atoms with van der Waals surface area (Å²) in [6, 6.07) is 20.5. The van der Waals surface area contributed by atoms with Crippen molar-refractivity contribution in [2.24, 2.45) is 0 Å². The number of anilines is 1. The standard InChI is InChI=1S/C25H27N5O2/c1-2-13-29-24-22(27-21(28-24)17-32-16-19-11-7-4-8-12-19)23-26-20(15-30(23)25(29)31)14-18-9-5-3-6-10-18/h3-12,20,26H,2,13-17H2,1H3/t20-/m1/s1. The average Bonchev–Trinajstić information content (AvgIpc) is 3.43. The van der Waals surface area contributed by atoms with E-state index >= 15 is 0 Å². The minimum absolute atomic E-state index is 0.0333. The minimum Gasteiger partial charge on any atom is -0.369 e. The van der Waals surface area contributed by atoms with Crippen LogP contribution in [0.4, 0.5) is 5.82 Å². The molecule has 7 heteroatoms. The molecule has 0 saturated carbocycles. The van der Waals surface area contributed by atoms with Gasteiger partial charge in [-0.25, -0.2) is 14.8 Å². The minimum atomic E-state index is -0.0333. The van der Waals surface area contributed by atoms with Gasteiger partial charge in [0.25, 0.3) is 0 Å². The van der Waals surface area contributed by atoms with E-state index in [0.29, 0.717) is 38.0 Å². The summed E-state index contributed by atoms with van der Waals surface area (Å²) in [4.78, 5) is 22.7. The first-order valence-electron chi connectivity index (χ1n) is 11.1. The van der Waals surface area contributed by atoms with Crippen molar-refractivity contribution in [2.75, 3.05) is 5.32 Å². The van der Waals surface area contributed by atoms with E-state index in [2.05, 4.69) is 29.4 Å². The largest absolute Gasteiger partial charge is 0.369 e. The van der Waals surface area contributed by atoms with Crippen molar-refractivity contribution in [3.05, 3.63) is 88.1 Å². The van der Waals surface area contributed by atoms with Gasteiger partial charge in [-0.1, -0.05) is 67.6 Å². The van der Waals surface area contributed by atoms with Gasteiger partial charge in [-0.05, 0) is 24.0 Å². The van der Waals surface area contributed by atoms with Crippen molar-refractivity contribution in [3.63, 3.8) is 0 Å². The third-order valence-corrected chi connectivity index (χ3v) is 5.76. The molecule has 1 atom stereocenters. The van der Waals surface area contributed by atoms with Gasteiger partial charge >= 0.3 is 5.69 Å². The van der Waals surface area contributed by atoms with Gasteiger partial charge in [0.1, 0.15) is 18.1 Å². The lowest BCUT2D eigenvalue weighted by Crippen LogP contribution is -2.32. The Bertz CT molecular complexity index is 1220. The highest BCUT2D eigenvalue weighted by Gasteiger charge is 2.31. The summed E-state index contributed by atoms with van der Waals surface area (Å²) in [5.41, 5.74) is 3.06. The topological polar surface area (TPSA) is 74.0 Å². The molecule has 0 aromatic heterocycles. The highest BCUT2D eigenvalue weighted by molar-refractivity contribution is 5.69. The van der Waals surface area contributed by atoms with Crippen molar-refractivity contribution in [1.29, 1.82) is 0 Å². The zero-order chi connectivity index (χ0) is 21.9. The number of rotatable bonds is 8. The van der Waals surface area contributed by atoms with Crippen LogP contribution in [0, 0.1) is 0 Å². The van der Waals surface area contributed by atoms with Crippen LogP contribution in [0.2, 0.25) is 0 Å². The molecule has 0 amide bonds. The van der Waals surface area contributed by atoms with Crippen molar-refractivity contribution in [1.82, 2.24) is 19.1 Å². The maximum atomic E-state index is 13.3. The molecule has 2 aromatic carbocycles. The normalized spacial score (nSPS) is 15.1. The van der Waals surface area contributed by atoms with Gasteiger partial charge in [-0.15, -0.1) is 0 Å². The van der Waals surface area contributed by atoms with Crippen molar-refractivity contribution in [2.45, 2.75) is 52.1 Å². The third-order valence-electron chi connectivity index (χ3n) is 5.76. The number of ether oxygens (including phenoxy) is 1. The molecule has 0 spiro atoms. The van der Waals surface area contributed by atoms with Gasteiger partial charge in [0.15, 0.2) is 11.6 Å². The smallest absolute Gasteiger partial charge is 0.331 e. The molecule has 2 aromatic rings. The number of fused-ring (bicyclic) bond motifs is 3. The molecule has 0 aliphatic carbocycles. The Morgan fingerprint density at radius 2 is 1.72 bits per heavy atom. The summed E-state index contributed by atoms with van der Waals surface area (Å²) in [6.45, 7) is 4.10. The summed E-state index contributed by atoms with van der Waals surface area (Å²) in [5, 5.41) is 3.54. The van der Waals surface area contributed by atoms with Gasteiger partial charge in [0.05, 0.1) is 6.61 Å². The van der Waals surface area contributed by atoms with E-state index in [0.717, 1.165) is 29.9 Å². The molecule has 0 radical (unpaired) electrons. The SMILES string of the molecule is CCCn1c2nc(COCc3ccccc3)nc-2c2n(c1=O)C[C@@H](Cc1ccccc1)N2. The van der Waals surface area contributed by atoms with Crippen LogP contribution in [0.3, 0.4) is 0 Å². The molecule has 0 unspecified atom stereocenters. The zero-order valence-corrected chi connectivity index (χ0v) is 18.2. The van der Waals surface area contributed by atoms with E-state index in [1.165, 1.54) is 5.56 Å². The average molecular weight is 430 g/mol. The third kappa shape index (κ3) is 4.03. The van der Waals surface area contributed by atoms with Crippen LogP contribution in [0.1, 0.15) is 30.3 Å². The Morgan fingerprint density at radius 3 is 2.44 bits per heavy atom. The van der Waals surface area contributed by atoms with E-state index < -0.39 is 0 Å². The maximum Gasteiger partial charge on any atom is 0.331 e. The second kappa shape index (κ2) is 8.96. The first-order valence-corrected chi connectivity index (χ1v) is 11.1. The van der Waals surface area contributed by atoms with Gasteiger partial charge in [-0.2, -0.15) is 0 Å². The Labute approximate surface area is 187 Å². The van der Waals surface area contributed by atoms with Crippen LogP contribution in [-0.2, 0) is 37.5 Å². The highest BCUT2D eigenvalue weighted by atomic mass is 16.5. The van der Waals surface area contributed by atoms with Gasteiger partial charge < -0.3 is 10.1 Å². The Kier molecular flexibility index (Phi) is 5.73. The molecule has 3 heterocycles. The van der Waals surface area contributed by atoms with Crippen LogP contribution >= 0.6 is 0 Å². The molecule has 0 bridgehead atoms.